The molecule has 0 unspecified atom stereocenters. The maximum Gasteiger partial charge on any atom is 1.00 e. The van der Waals surface area contributed by atoms with Crippen LogP contribution >= 0.6 is 0 Å². The first kappa shape index (κ1) is 28.5. The maximum atomic E-state index is 14.6. The van der Waals surface area contributed by atoms with Crippen LogP contribution in [0, 0.1) is 0 Å². The van der Waals surface area contributed by atoms with Gasteiger partial charge in [-0.3, -0.25) is 0 Å². The Kier molecular flexibility index (Phi) is 9.46. The average molecular weight is 521 g/mol. The molecule has 38 heavy (non-hydrogen) atoms. The number of hydrogen-bond donors (Lipinski definition) is 0. The van der Waals surface area contributed by atoms with E-state index in [1.54, 1.807) is 0 Å². The van der Waals surface area contributed by atoms with E-state index >= 15 is 0 Å². The van der Waals surface area contributed by atoms with Crippen LogP contribution < -0.4 is 56.5 Å². The summed E-state index contributed by atoms with van der Waals surface area (Å²) in [6, 6.07) is 45.9. The second-order valence-corrected chi connectivity index (χ2v) is 10.7. The van der Waals surface area contributed by atoms with Crippen LogP contribution in [0.3, 0.4) is 0 Å². The van der Waals surface area contributed by atoms with Crippen molar-refractivity contribution in [1.29, 1.82) is 0 Å². The summed E-state index contributed by atoms with van der Waals surface area (Å²) in [5.74, 6) is -0.185. The Bertz CT molecular complexity index is 1260. The van der Waals surface area contributed by atoms with E-state index in [1.807, 2.05) is 24.3 Å². The van der Waals surface area contributed by atoms with Gasteiger partial charge in [-0.2, -0.15) is 0 Å². The summed E-state index contributed by atoms with van der Waals surface area (Å²) in [5, 5.41) is 14.6. The first-order valence-electron chi connectivity index (χ1n) is 13.0. The summed E-state index contributed by atoms with van der Waals surface area (Å²) in [6.45, 7) is 6.67. The minimum Gasteiger partial charge on any atom is -0.872 e. The van der Waals surface area contributed by atoms with Gasteiger partial charge in [0.05, 0.1) is 0 Å². The van der Waals surface area contributed by atoms with Crippen LogP contribution in [0.4, 0.5) is 0 Å². The second-order valence-electron chi connectivity index (χ2n) is 10.7. The summed E-state index contributed by atoms with van der Waals surface area (Å²) in [7, 11) is 0. The molecule has 0 saturated carbocycles. The molecule has 2 heteroatoms. The van der Waals surface area contributed by atoms with E-state index in [2.05, 4.69) is 130 Å². The summed E-state index contributed by atoms with van der Waals surface area (Å²) in [5.41, 5.74) is 7.21. The summed E-state index contributed by atoms with van der Waals surface area (Å²) < 4.78 is 0. The Labute approximate surface area is 270 Å². The number of benzene rings is 5. The summed E-state index contributed by atoms with van der Waals surface area (Å²) >= 11 is 0. The molecule has 5 aromatic rings. The molecular weight excluding hydrogens is 487 g/mol. The number of rotatable bonds is 6. The van der Waals surface area contributed by atoms with Crippen molar-refractivity contribution >= 4 is 0 Å². The van der Waals surface area contributed by atoms with Crippen molar-refractivity contribution in [2.75, 3.05) is 0 Å². The summed E-state index contributed by atoms with van der Waals surface area (Å²) in [4.78, 5) is 0. The van der Waals surface area contributed by atoms with Gasteiger partial charge < -0.3 is 5.11 Å². The molecule has 0 fully saturated rings. The molecule has 0 aliphatic carbocycles. The molecule has 0 heterocycles. The van der Waals surface area contributed by atoms with Gasteiger partial charge in [0.1, 0.15) is 0 Å². The van der Waals surface area contributed by atoms with Crippen LogP contribution in [0.15, 0.2) is 133 Å². The molecule has 0 aliphatic heterocycles. The van der Waals surface area contributed by atoms with E-state index in [4.69, 9.17) is 0 Å². The third-order valence-corrected chi connectivity index (χ3v) is 7.17. The molecule has 0 aromatic heterocycles. The monoisotopic (exact) mass is 520 g/mol. The van der Waals surface area contributed by atoms with Crippen molar-refractivity contribution in [3.8, 4) is 5.75 Å². The van der Waals surface area contributed by atoms with Gasteiger partial charge in [-0.1, -0.05) is 154 Å². The van der Waals surface area contributed by atoms with E-state index < -0.39 is 0 Å². The van der Waals surface area contributed by atoms with Crippen LogP contribution in [0.2, 0.25) is 0 Å². The van der Waals surface area contributed by atoms with Crippen molar-refractivity contribution in [2.24, 2.45) is 0 Å². The van der Waals surface area contributed by atoms with Crippen LogP contribution in [-0.2, 0) is 5.41 Å². The normalized spacial score (nSPS) is 11.4. The molecule has 1 nitrogen and oxygen atoms in total. The zero-order valence-corrected chi connectivity index (χ0v) is 25.9. The molecule has 0 bridgehead atoms. The van der Waals surface area contributed by atoms with Gasteiger partial charge in [0.15, 0.2) is 0 Å². The molecule has 0 amide bonds. The van der Waals surface area contributed by atoms with E-state index in [-0.39, 0.29) is 74.4 Å². The van der Waals surface area contributed by atoms with Crippen molar-refractivity contribution in [3.05, 3.63) is 172 Å². The quantitative estimate of drug-likeness (QED) is 0.217. The minimum atomic E-state index is -0.150. The van der Waals surface area contributed by atoms with Gasteiger partial charge in [0.2, 0.25) is 0 Å². The van der Waals surface area contributed by atoms with E-state index in [0.29, 0.717) is 0 Å². The molecule has 0 atom stereocenters. The van der Waals surface area contributed by atoms with Gasteiger partial charge in [0, 0.05) is 11.8 Å². The molecule has 0 radical (unpaired) electrons. The molecule has 0 aliphatic rings. The third-order valence-electron chi connectivity index (χ3n) is 7.17. The first-order chi connectivity index (χ1) is 17.9. The fourth-order valence-corrected chi connectivity index (χ4v) is 5.22. The first-order valence-corrected chi connectivity index (χ1v) is 13.0. The Morgan fingerprint density at radius 2 is 0.737 bits per heavy atom. The molecule has 184 valence electrons. The zero-order chi connectivity index (χ0) is 25.8. The Morgan fingerprint density at radius 1 is 0.474 bits per heavy atom. The Morgan fingerprint density at radius 3 is 0.974 bits per heavy atom. The minimum absolute atomic E-state index is 0. The van der Waals surface area contributed by atoms with E-state index in [1.165, 1.54) is 5.56 Å². The molecular formula is C36H33KO. The second kappa shape index (κ2) is 12.6. The maximum absolute atomic E-state index is 14.6. The summed E-state index contributed by atoms with van der Waals surface area (Å²) in [6.07, 6.45) is 0. The van der Waals surface area contributed by atoms with Gasteiger partial charge in [-0.05, 0) is 44.4 Å². The standard InChI is InChI=1S/C36H34O.K/c1-36(2,3)30-24-31(33(26-16-8-4-9-17-26)27-18-10-5-11-19-27)35(37)32(25-30)34(28-20-12-6-13-21-28)29-22-14-7-15-23-29;/h4-25,33-34,37H,1-3H3;/q;+1/p-1. The van der Waals surface area contributed by atoms with Gasteiger partial charge in [-0.15, -0.1) is 5.75 Å². The molecule has 5 rings (SSSR count). The van der Waals surface area contributed by atoms with Crippen LogP contribution in [0.25, 0.3) is 0 Å². The molecule has 0 spiro atoms. The Hall–Kier alpha value is -2.46. The van der Waals surface area contributed by atoms with E-state index in [0.717, 1.165) is 33.4 Å². The number of hydrogen-bond acceptors (Lipinski definition) is 1. The van der Waals surface area contributed by atoms with Gasteiger partial charge >= 0.3 is 51.4 Å². The van der Waals surface area contributed by atoms with Crippen molar-refractivity contribution < 1.29 is 56.5 Å². The molecule has 0 N–H and O–H groups in total. The molecule has 0 saturated heterocycles. The Balaban J connectivity index is 0.00000336. The average Bonchev–Trinajstić information content (AvgIpc) is 2.92. The van der Waals surface area contributed by atoms with E-state index in [9.17, 15) is 5.11 Å². The van der Waals surface area contributed by atoms with Crippen molar-refractivity contribution in [2.45, 2.75) is 38.0 Å². The van der Waals surface area contributed by atoms with Crippen molar-refractivity contribution in [1.82, 2.24) is 0 Å². The van der Waals surface area contributed by atoms with Crippen LogP contribution in [-0.4, -0.2) is 0 Å². The van der Waals surface area contributed by atoms with Crippen molar-refractivity contribution in [3.63, 3.8) is 0 Å². The topological polar surface area (TPSA) is 23.1 Å². The molecule has 5 aromatic carbocycles. The fraction of sp³-hybridized carbons (Fsp3) is 0.167. The third kappa shape index (κ3) is 6.22. The van der Waals surface area contributed by atoms with Gasteiger partial charge in [0.25, 0.3) is 0 Å². The van der Waals surface area contributed by atoms with Gasteiger partial charge in [-0.25, -0.2) is 0 Å². The van der Waals surface area contributed by atoms with Crippen LogP contribution in [0.5, 0.6) is 5.75 Å². The van der Waals surface area contributed by atoms with Crippen LogP contribution in [0.1, 0.15) is 71.6 Å². The zero-order valence-electron chi connectivity index (χ0n) is 22.8. The predicted octanol–water partition coefficient (Wildman–Crippen LogP) is 5.42. The SMILES string of the molecule is CC(C)(C)c1cc(C(c2ccccc2)c2ccccc2)c([O-])c(C(c2ccccc2)c2ccccc2)c1.[K+]. The largest absolute Gasteiger partial charge is 1.00 e. The smallest absolute Gasteiger partial charge is 0.872 e. The fourth-order valence-electron chi connectivity index (χ4n) is 5.22. The predicted molar refractivity (Wildman–Crippen MR) is 152 cm³/mol.